The van der Waals surface area contributed by atoms with Gasteiger partial charge in [0.2, 0.25) is 0 Å². The van der Waals surface area contributed by atoms with Crippen molar-refractivity contribution in [1.82, 2.24) is 0 Å². The molecule has 0 spiro atoms. The number of hydrogen-bond donors (Lipinski definition) is 3. The van der Waals surface area contributed by atoms with Crippen LogP contribution in [0.1, 0.15) is 21.5 Å². The van der Waals surface area contributed by atoms with Gasteiger partial charge in [-0.2, -0.15) is 0 Å². The summed E-state index contributed by atoms with van der Waals surface area (Å²) in [6, 6.07) is 15.8. The lowest BCUT2D eigenvalue weighted by molar-refractivity contribution is 0.0999. The highest BCUT2D eigenvalue weighted by atomic mass is 16.3. The third-order valence-corrected chi connectivity index (χ3v) is 4.16. The number of benzene rings is 3. The van der Waals surface area contributed by atoms with Crippen molar-refractivity contribution in [3.05, 3.63) is 77.4 Å². The molecule has 0 aliphatic rings. The third kappa shape index (κ3) is 3.32. The minimum atomic E-state index is -0.285. The van der Waals surface area contributed by atoms with Gasteiger partial charge in [-0.15, -0.1) is 0 Å². The van der Waals surface area contributed by atoms with Gasteiger partial charge in [0, 0.05) is 16.9 Å². The summed E-state index contributed by atoms with van der Waals surface area (Å²) in [4.78, 5) is 14.7. The third-order valence-electron chi connectivity index (χ3n) is 4.16. The topological polar surface area (TPSA) is 81.0 Å². The lowest BCUT2D eigenvalue weighted by Gasteiger charge is -2.24. The first kappa shape index (κ1) is 17.4. The van der Waals surface area contributed by atoms with Crippen LogP contribution in [0, 0.1) is 13.8 Å². The van der Waals surface area contributed by atoms with Crippen molar-refractivity contribution in [1.29, 1.82) is 0 Å². The van der Waals surface area contributed by atoms with Crippen molar-refractivity contribution in [2.75, 3.05) is 4.90 Å². The van der Waals surface area contributed by atoms with E-state index in [1.54, 1.807) is 50.2 Å². The number of aryl methyl sites for hydroxylation is 2. The van der Waals surface area contributed by atoms with Gasteiger partial charge in [-0.25, -0.2) is 0 Å². The van der Waals surface area contributed by atoms with Crippen LogP contribution in [0.2, 0.25) is 0 Å². The molecule has 0 aliphatic heterocycles. The first-order valence-corrected chi connectivity index (χ1v) is 8.09. The van der Waals surface area contributed by atoms with E-state index in [0.29, 0.717) is 28.1 Å². The Morgan fingerprint density at radius 1 is 0.731 bits per heavy atom. The second-order valence-corrected chi connectivity index (χ2v) is 6.13. The highest BCUT2D eigenvalue weighted by molar-refractivity contribution is 6.11. The summed E-state index contributed by atoms with van der Waals surface area (Å²) in [6.45, 7) is 3.48. The van der Waals surface area contributed by atoms with Crippen molar-refractivity contribution in [2.45, 2.75) is 13.8 Å². The van der Waals surface area contributed by atoms with Gasteiger partial charge >= 0.3 is 0 Å². The standard InChI is InChI=1S/C21H19NO4/c1-13-11-15(12-14(2)20(13)25)21(26)22(16-3-7-18(23)8-4-16)17-5-9-19(24)10-6-17/h3-12,23-25H,1-2H3. The molecule has 0 saturated heterocycles. The first-order chi connectivity index (χ1) is 12.4. The second kappa shape index (κ2) is 6.80. The molecule has 132 valence electrons. The molecule has 3 aromatic rings. The molecule has 5 nitrogen and oxygen atoms in total. The molecule has 0 saturated carbocycles. The Kier molecular flexibility index (Phi) is 4.54. The zero-order chi connectivity index (χ0) is 18.8. The van der Waals surface area contributed by atoms with E-state index >= 15 is 0 Å². The fourth-order valence-corrected chi connectivity index (χ4v) is 2.80. The van der Waals surface area contributed by atoms with Gasteiger partial charge in [-0.05, 0) is 85.6 Å². The molecule has 0 aliphatic carbocycles. The Balaban J connectivity index is 2.12. The molecular formula is C21H19NO4. The minimum absolute atomic E-state index is 0.100. The summed E-state index contributed by atoms with van der Waals surface area (Å²) in [5.74, 6) is 0.0845. The zero-order valence-corrected chi connectivity index (χ0v) is 14.5. The highest BCUT2D eigenvalue weighted by Crippen LogP contribution is 2.31. The number of phenols is 3. The van der Waals surface area contributed by atoms with Crippen molar-refractivity contribution < 1.29 is 20.1 Å². The molecule has 0 bridgehead atoms. The molecule has 5 heteroatoms. The predicted octanol–water partition coefficient (Wildman–Crippen LogP) is 4.40. The molecule has 1 amide bonds. The summed E-state index contributed by atoms with van der Waals surface area (Å²) in [5.41, 5.74) is 2.80. The normalized spacial score (nSPS) is 10.5. The van der Waals surface area contributed by atoms with E-state index in [-0.39, 0.29) is 23.2 Å². The van der Waals surface area contributed by atoms with Crippen molar-refractivity contribution in [3.63, 3.8) is 0 Å². The zero-order valence-electron chi connectivity index (χ0n) is 14.5. The molecule has 26 heavy (non-hydrogen) atoms. The molecule has 0 radical (unpaired) electrons. The van der Waals surface area contributed by atoms with E-state index in [4.69, 9.17) is 0 Å². The van der Waals surface area contributed by atoms with Gasteiger partial charge in [0.15, 0.2) is 0 Å². The number of phenolic OH excluding ortho intramolecular Hbond substituents is 3. The van der Waals surface area contributed by atoms with Crippen molar-refractivity contribution in [3.8, 4) is 17.2 Å². The molecule has 0 atom stereocenters. The number of hydrogen-bond acceptors (Lipinski definition) is 4. The largest absolute Gasteiger partial charge is 0.508 e. The van der Waals surface area contributed by atoms with Crippen LogP contribution >= 0.6 is 0 Å². The smallest absolute Gasteiger partial charge is 0.262 e. The van der Waals surface area contributed by atoms with Crippen LogP contribution in [0.4, 0.5) is 11.4 Å². The maximum atomic E-state index is 13.3. The molecule has 0 heterocycles. The number of nitrogens with zero attached hydrogens (tertiary/aromatic N) is 1. The van der Waals surface area contributed by atoms with Gasteiger partial charge in [-0.1, -0.05) is 0 Å². The Morgan fingerprint density at radius 3 is 1.50 bits per heavy atom. The van der Waals surface area contributed by atoms with Gasteiger partial charge in [0.05, 0.1) is 0 Å². The highest BCUT2D eigenvalue weighted by Gasteiger charge is 2.21. The maximum absolute atomic E-state index is 13.3. The average molecular weight is 349 g/mol. The Labute approximate surface area is 151 Å². The molecule has 0 unspecified atom stereocenters. The quantitative estimate of drug-likeness (QED) is 0.655. The van der Waals surface area contributed by atoms with Gasteiger partial charge in [0.1, 0.15) is 17.2 Å². The van der Waals surface area contributed by atoms with E-state index in [0.717, 1.165) is 0 Å². The van der Waals surface area contributed by atoms with Crippen LogP contribution in [0.5, 0.6) is 17.2 Å². The fourth-order valence-electron chi connectivity index (χ4n) is 2.80. The van der Waals surface area contributed by atoms with Crippen LogP contribution in [-0.2, 0) is 0 Å². The Hall–Kier alpha value is -3.47. The number of anilines is 2. The van der Waals surface area contributed by atoms with E-state index < -0.39 is 0 Å². The van der Waals surface area contributed by atoms with Crippen LogP contribution in [0.15, 0.2) is 60.7 Å². The molecule has 0 aromatic heterocycles. The molecule has 3 rings (SSSR count). The van der Waals surface area contributed by atoms with E-state index in [2.05, 4.69) is 0 Å². The summed E-state index contributed by atoms with van der Waals surface area (Å²) in [7, 11) is 0. The molecule has 0 fully saturated rings. The van der Waals surface area contributed by atoms with Crippen molar-refractivity contribution >= 4 is 17.3 Å². The number of carbonyl (C=O) groups excluding carboxylic acids is 1. The molecule has 3 aromatic carbocycles. The van der Waals surface area contributed by atoms with Crippen LogP contribution in [0.3, 0.4) is 0 Å². The number of amides is 1. The van der Waals surface area contributed by atoms with Crippen LogP contribution in [0.25, 0.3) is 0 Å². The van der Waals surface area contributed by atoms with Crippen LogP contribution < -0.4 is 4.90 Å². The van der Waals surface area contributed by atoms with Gasteiger partial charge < -0.3 is 15.3 Å². The summed E-state index contributed by atoms with van der Waals surface area (Å²) in [5, 5.41) is 29.0. The minimum Gasteiger partial charge on any atom is -0.508 e. The number of aromatic hydroxyl groups is 3. The second-order valence-electron chi connectivity index (χ2n) is 6.13. The SMILES string of the molecule is Cc1cc(C(=O)N(c2ccc(O)cc2)c2ccc(O)cc2)cc(C)c1O. The Bertz CT molecular complexity index is 878. The Morgan fingerprint density at radius 2 is 1.12 bits per heavy atom. The summed E-state index contributed by atoms with van der Waals surface area (Å²) < 4.78 is 0. The van der Waals surface area contributed by atoms with Gasteiger partial charge in [0.25, 0.3) is 5.91 Å². The van der Waals surface area contributed by atoms with Crippen molar-refractivity contribution in [2.24, 2.45) is 0 Å². The summed E-state index contributed by atoms with van der Waals surface area (Å²) in [6.07, 6.45) is 0. The monoisotopic (exact) mass is 349 g/mol. The van der Waals surface area contributed by atoms with Gasteiger partial charge in [-0.3, -0.25) is 9.69 Å². The number of carbonyl (C=O) groups is 1. The predicted molar refractivity (Wildman–Crippen MR) is 100 cm³/mol. The molecular weight excluding hydrogens is 330 g/mol. The average Bonchev–Trinajstić information content (AvgIpc) is 2.62. The van der Waals surface area contributed by atoms with E-state index in [9.17, 15) is 20.1 Å². The molecule has 3 N–H and O–H groups in total. The first-order valence-electron chi connectivity index (χ1n) is 8.09. The maximum Gasteiger partial charge on any atom is 0.262 e. The van der Waals surface area contributed by atoms with Crippen LogP contribution in [-0.4, -0.2) is 21.2 Å². The van der Waals surface area contributed by atoms with E-state index in [1.807, 2.05) is 0 Å². The lowest BCUT2D eigenvalue weighted by Crippen LogP contribution is -2.26. The lowest BCUT2D eigenvalue weighted by atomic mass is 10.0. The van der Waals surface area contributed by atoms with E-state index in [1.165, 1.54) is 29.2 Å². The number of rotatable bonds is 3. The summed E-state index contributed by atoms with van der Waals surface area (Å²) >= 11 is 0. The fraction of sp³-hybridized carbons (Fsp3) is 0.0952.